The average Bonchev–Trinajstić information content (AvgIpc) is 2.74. The van der Waals surface area contributed by atoms with Crippen molar-refractivity contribution >= 4 is 16.9 Å². The molecule has 0 saturated heterocycles. The number of rotatable bonds is 8. The zero-order valence-electron chi connectivity index (χ0n) is 16.7. The number of likely N-dealkylation sites (N-methyl/N-ethyl adjacent to an activating group) is 1. The number of quaternary nitrogens is 1. The summed E-state index contributed by atoms with van der Waals surface area (Å²) in [4.78, 5) is 31.4. The van der Waals surface area contributed by atoms with E-state index in [1.54, 1.807) is 42.6 Å². The molecular formula is C22H26FN4O2+. The molecule has 1 aromatic carbocycles. The van der Waals surface area contributed by atoms with E-state index in [0.29, 0.717) is 23.1 Å². The predicted octanol–water partition coefficient (Wildman–Crippen LogP) is 1.24. The van der Waals surface area contributed by atoms with E-state index in [1.807, 2.05) is 0 Å². The fourth-order valence-corrected chi connectivity index (χ4v) is 3.36. The smallest absolute Gasteiger partial charge is 0.265 e. The first-order chi connectivity index (χ1) is 14.0. The summed E-state index contributed by atoms with van der Waals surface area (Å²) >= 11 is 0. The summed E-state index contributed by atoms with van der Waals surface area (Å²) in [5, 5.41) is 3.49. The number of carbonyl (C=O) groups excluding carboxylic acids is 1. The molecule has 29 heavy (non-hydrogen) atoms. The molecule has 0 radical (unpaired) electrons. The number of hydrogen-bond acceptors (Lipinski definition) is 3. The highest BCUT2D eigenvalue weighted by molar-refractivity contribution is 5.96. The molecule has 3 aromatic rings. The number of amides is 1. The Balaban J connectivity index is 1.95. The number of pyridine rings is 2. The molecule has 0 aliphatic carbocycles. The molecule has 0 fully saturated rings. The fourth-order valence-electron chi connectivity index (χ4n) is 3.36. The van der Waals surface area contributed by atoms with Gasteiger partial charge in [-0.1, -0.05) is 18.2 Å². The van der Waals surface area contributed by atoms with Crippen molar-refractivity contribution < 1.29 is 14.1 Å². The van der Waals surface area contributed by atoms with Gasteiger partial charge in [-0.3, -0.25) is 14.2 Å². The standard InChI is InChI=1S/C22H25FN4O2/c1-3-26(4-2)13-12-25-21(28)18-14-16-9-7-11-24-20(16)27(22(18)29)15-17-8-5-6-10-19(17)23/h5-11,14H,3-4,12-13,15H2,1-2H3,(H,25,28)/p+1. The van der Waals surface area contributed by atoms with Crippen molar-refractivity contribution in [2.75, 3.05) is 26.2 Å². The molecular weight excluding hydrogens is 371 g/mol. The lowest BCUT2D eigenvalue weighted by Gasteiger charge is -2.16. The van der Waals surface area contributed by atoms with E-state index >= 15 is 0 Å². The molecule has 3 rings (SSSR count). The van der Waals surface area contributed by atoms with Crippen molar-refractivity contribution in [1.29, 1.82) is 0 Å². The van der Waals surface area contributed by atoms with Crippen LogP contribution >= 0.6 is 0 Å². The first-order valence-corrected chi connectivity index (χ1v) is 9.88. The second-order valence-corrected chi connectivity index (χ2v) is 6.92. The molecule has 2 aromatic heterocycles. The second-order valence-electron chi connectivity index (χ2n) is 6.92. The zero-order valence-corrected chi connectivity index (χ0v) is 16.7. The van der Waals surface area contributed by atoms with Crippen LogP contribution in [0.3, 0.4) is 0 Å². The topological polar surface area (TPSA) is 68.4 Å². The van der Waals surface area contributed by atoms with Gasteiger partial charge < -0.3 is 10.2 Å². The number of hydrogen-bond donors (Lipinski definition) is 2. The average molecular weight is 397 g/mol. The van der Waals surface area contributed by atoms with Crippen molar-refractivity contribution in [1.82, 2.24) is 14.9 Å². The van der Waals surface area contributed by atoms with Gasteiger partial charge >= 0.3 is 0 Å². The van der Waals surface area contributed by atoms with Crippen molar-refractivity contribution in [3.8, 4) is 0 Å². The van der Waals surface area contributed by atoms with Crippen molar-refractivity contribution in [3.05, 3.63) is 76.0 Å². The number of benzene rings is 1. The van der Waals surface area contributed by atoms with Crippen molar-refractivity contribution in [2.45, 2.75) is 20.4 Å². The van der Waals surface area contributed by atoms with Gasteiger partial charge in [0.1, 0.15) is 17.0 Å². The van der Waals surface area contributed by atoms with Gasteiger partial charge in [0, 0.05) is 17.1 Å². The van der Waals surface area contributed by atoms with E-state index < -0.39 is 17.3 Å². The third-order valence-electron chi connectivity index (χ3n) is 5.14. The Hall–Kier alpha value is -3.06. The monoisotopic (exact) mass is 397 g/mol. The zero-order chi connectivity index (χ0) is 20.8. The molecule has 1 amide bonds. The lowest BCUT2D eigenvalue weighted by Crippen LogP contribution is -3.12. The van der Waals surface area contributed by atoms with Gasteiger partial charge in [-0.2, -0.15) is 0 Å². The third kappa shape index (κ3) is 4.68. The normalized spacial score (nSPS) is 11.2. The lowest BCUT2D eigenvalue weighted by atomic mass is 10.1. The molecule has 0 bridgehead atoms. The van der Waals surface area contributed by atoms with Crippen LogP contribution in [0.2, 0.25) is 0 Å². The van der Waals surface area contributed by atoms with E-state index in [-0.39, 0.29) is 12.1 Å². The Morgan fingerprint density at radius 1 is 1.17 bits per heavy atom. The highest BCUT2D eigenvalue weighted by Crippen LogP contribution is 2.14. The van der Waals surface area contributed by atoms with Crippen LogP contribution in [0.5, 0.6) is 0 Å². The van der Waals surface area contributed by atoms with Crippen LogP contribution in [0, 0.1) is 5.82 Å². The largest absolute Gasteiger partial charge is 0.346 e. The van der Waals surface area contributed by atoms with Crippen LogP contribution in [0.15, 0.2) is 53.5 Å². The van der Waals surface area contributed by atoms with Crippen LogP contribution in [0.1, 0.15) is 29.8 Å². The molecule has 0 atom stereocenters. The summed E-state index contributed by atoms with van der Waals surface area (Å²) in [5.41, 5.74) is 0.345. The van der Waals surface area contributed by atoms with Gasteiger partial charge in [0.05, 0.1) is 32.7 Å². The Morgan fingerprint density at radius 2 is 1.93 bits per heavy atom. The lowest BCUT2D eigenvalue weighted by molar-refractivity contribution is -0.895. The van der Waals surface area contributed by atoms with E-state index in [1.165, 1.54) is 15.5 Å². The summed E-state index contributed by atoms with van der Waals surface area (Å²) in [6, 6.07) is 11.4. The SMILES string of the molecule is CC[NH+](CC)CCNC(=O)c1cc2cccnc2n(Cc2ccccc2F)c1=O. The molecule has 0 aliphatic rings. The van der Waals surface area contributed by atoms with Crippen LogP contribution in [-0.2, 0) is 6.54 Å². The number of fused-ring (bicyclic) bond motifs is 1. The molecule has 2 N–H and O–H groups in total. The van der Waals surface area contributed by atoms with Gasteiger partial charge in [-0.05, 0) is 38.1 Å². The number of halogens is 1. The number of nitrogens with one attached hydrogen (secondary N) is 2. The Morgan fingerprint density at radius 3 is 2.66 bits per heavy atom. The highest BCUT2D eigenvalue weighted by Gasteiger charge is 2.17. The Labute approximate surface area is 169 Å². The minimum absolute atomic E-state index is 0.00371. The maximum absolute atomic E-state index is 14.2. The van der Waals surface area contributed by atoms with Crippen molar-refractivity contribution in [2.24, 2.45) is 0 Å². The van der Waals surface area contributed by atoms with Gasteiger partial charge in [-0.25, -0.2) is 9.37 Å². The summed E-state index contributed by atoms with van der Waals surface area (Å²) < 4.78 is 15.5. The minimum Gasteiger partial charge on any atom is -0.346 e. The van der Waals surface area contributed by atoms with Gasteiger partial charge in [0.15, 0.2) is 0 Å². The molecule has 0 spiro atoms. The van der Waals surface area contributed by atoms with E-state index in [9.17, 15) is 14.0 Å². The minimum atomic E-state index is -0.480. The molecule has 7 heteroatoms. The number of carbonyl (C=O) groups is 1. The van der Waals surface area contributed by atoms with Crippen LogP contribution in [0.4, 0.5) is 4.39 Å². The maximum Gasteiger partial charge on any atom is 0.265 e. The predicted molar refractivity (Wildman–Crippen MR) is 111 cm³/mol. The summed E-state index contributed by atoms with van der Waals surface area (Å²) in [6.45, 7) is 7.42. The highest BCUT2D eigenvalue weighted by atomic mass is 19.1. The second kappa shape index (κ2) is 9.43. The van der Waals surface area contributed by atoms with Crippen LogP contribution in [-0.4, -0.2) is 41.6 Å². The van der Waals surface area contributed by atoms with Crippen molar-refractivity contribution in [3.63, 3.8) is 0 Å². The quantitative estimate of drug-likeness (QED) is 0.601. The molecule has 0 unspecified atom stereocenters. The first-order valence-electron chi connectivity index (χ1n) is 9.88. The van der Waals surface area contributed by atoms with Crippen LogP contribution in [0.25, 0.3) is 11.0 Å². The van der Waals surface area contributed by atoms with E-state index in [0.717, 1.165) is 19.6 Å². The van der Waals surface area contributed by atoms with Gasteiger partial charge in [0.25, 0.3) is 11.5 Å². The van der Waals surface area contributed by atoms with Gasteiger partial charge in [0.2, 0.25) is 0 Å². The Bertz CT molecular complexity index is 1060. The summed E-state index contributed by atoms with van der Waals surface area (Å²) in [6.07, 6.45) is 1.58. The number of aromatic nitrogens is 2. The molecule has 2 heterocycles. The summed E-state index contributed by atoms with van der Waals surface area (Å²) in [7, 11) is 0. The fraction of sp³-hybridized carbons (Fsp3) is 0.318. The third-order valence-corrected chi connectivity index (χ3v) is 5.14. The maximum atomic E-state index is 14.2. The molecule has 6 nitrogen and oxygen atoms in total. The first kappa shape index (κ1) is 20.7. The Kier molecular flexibility index (Phi) is 6.72. The summed E-state index contributed by atoms with van der Waals surface area (Å²) in [5.74, 6) is -0.824. The van der Waals surface area contributed by atoms with Gasteiger partial charge in [-0.15, -0.1) is 0 Å². The number of nitrogens with zero attached hydrogens (tertiary/aromatic N) is 2. The molecule has 0 aliphatic heterocycles. The van der Waals surface area contributed by atoms with E-state index in [4.69, 9.17) is 0 Å². The molecule has 0 saturated carbocycles. The molecule has 152 valence electrons. The van der Waals surface area contributed by atoms with E-state index in [2.05, 4.69) is 24.1 Å². The van der Waals surface area contributed by atoms with Crippen LogP contribution < -0.4 is 15.8 Å².